The predicted molar refractivity (Wildman–Crippen MR) is 90.0 cm³/mol. The molecule has 0 rings (SSSR count). The largest absolute Gasteiger partial charge is 0.480 e. The molecule has 2 atom stereocenters. The number of carbonyl (C=O) groups is 5. The lowest BCUT2D eigenvalue weighted by Crippen LogP contribution is -2.49. The monoisotopic (exact) mass is 375 g/mol. The van der Waals surface area contributed by atoms with Crippen LogP contribution in [0.4, 0.5) is 0 Å². The van der Waals surface area contributed by atoms with E-state index in [9.17, 15) is 24.0 Å². The molecular weight excluding hydrogens is 354 g/mol. The van der Waals surface area contributed by atoms with E-state index in [-0.39, 0.29) is 24.4 Å². The smallest absolute Gasteiger partial charge is 0.326 e. The van der Waals surface area contributed by atoms with E-state index in [2.05, 4.69) is 28.6 Å². The number of aliphatic carboxylic acids is 2. The Morgan fingerprint density at radius 2 is 1.76 bits per heavy atom. The Balaban J connectivity index is 4.48. The maximum Gasteiger partial charge on any atom is 0.326 e. The predicted octanol–water partition coefficient (Wildman–Crippen LogP) is -1.47. The molecular formula is C14H21N3O7S. The van der Waals surface area contributed by atoms with E-state index < -0.39 is 42.4 Å². The average molecular weight is 375 g/mol. The molecule has 0 radical (unpaired) electrons. The molecule has 5 N–H and O–H groups in total. The van der Waals surface area contributed by atoms with Crippen LogP contribution in [0.3, 0.4) is 0 Å². The van der Waals surface area contributed by atoms with Gasteiger partial charge < -0.3 is 26.2 Å². The van der Waals surface area contributed by atoms with Gasteiger partial charge in [-0.2, -0.15) is 12.6 Å². The summed E-state index contributed by atoms with van der Waals surface area (Å²) in [4.78, 5) is 55.7. The highest BCUT2D eigenvalue weighted by molar-refractivity contribution is 7.80. The number of nitrogens with one attached hydrogen (secondary N) is 3. The average Bonchev–Trinajstić information content (AvgIpc) is 2.52. The summed E-state index contributed by atoms with van der Waals surface area (Å²) in [5.74, 6) is -4.05. The summed E-state index contributed by atoms with van der Waals surface area (Å²) in [6, 6.07) is -2.12. The Hall–Kier alpha value is -2.56. The van der Waals surface area contributed by atoms with E-state index in [1.165, 1.54) is 13.1 Å². The molecule has 0 spiro atoms. The summed E-state index contributed by atoms with van der Waals surface area (Å²) in [6.07, 6.45) is 2.06. The molecule has 2 amide bonds. The van der Waals surface area contributed by atoms with E-state index in [1.807, 2.05) is 0 Å². The lowest BCUT2D eigenvalue weighted by Gasteiger charge is -2.17. The third-order valence-electron chi connectivity index (χ3n) is 2.82. The van der Waals surface area contributed by atoms with Gasteiger partial charge in [0.25, 0.3) is 0 Å². The number of hydrogen-bond donors (Lipinski definition) is 6. The SMILES string of the molecule is CC(=O)/C=C/N[C@@H](CCC(=O)N[C@@H](CS)C(=O)NCC(=O)O)C(=O)O. The van der Waals surface area contributed by atoms with Crippen molar-refractivity contribution in [2.24, 2.45) is 0 Å². The van der Waals surface area contributed by atoms with Crippen molar-refractivity contribution < 1.29 is 34.2 Å². The van der Waals surface area contributed by atoms with Crippen LogP contribution in [0, 0.1) is 0 Å². The molecule has 0 saturated heterocycles. The van der Waals surface area contributed by atoms with Gasteiger partial charge in [-0.25, -0.2) is 4.79 Å². The van der Waals surface area contributed by atoms with Crippen molar-refractivity contribution in [3.05, 3.63) is 12.3 Å². The number of carboxylic acids is 2. The second-order valence-corrected chi connectivity index (χ2v) is 5.32. The molecule has 0 aliphatic carbocycles. The van der Waals surface area contributed by atoms with E-state index in [1.54, 1.807) is 0 Å². The van der Waals surface area contributed by atoms with Crippen LogP contribution in [0.15, 0.2) is 12.3 Å². The summed E-state index contributed by atoms with van der Waals surface area (Å²) < 4.78 is 0. The van der Waals surface area contributed by atoms with Crippen molar-refractivity contribution >= 4 is 42.2 Å². The molecule has 0 aliphatic heterocycles. The molecule has 0 bridgehead atoms. The fourth-order valence-corrected chi connectivity index (χ4v) is 1.84. The second kappa shape index (κ2) is 11.9. The van der Waals surface area contributed by atoms with Crippen molar-refractivity contribution in [3.63, 3.8) is 0 Å². The Morgan fingerprint density at radius 1 is 1.12 bits per heavy atom. The molecule has 0 heterocycles. The lowest BCUT2D eigenvalue weighted by molar-refractivity contribution is -0.139. The van der Waals surface area contributed by atoms with Crippen molar-refractivity contribution in [2.75, 3.05) is 12.3 Å². The zero-order valence-electron chi connectivity index (χ0n) is 13.5. The third kappa shape index (κ3) is 10.8. The number of hydrogen-bond acceptors (Lipinski definition) is 7. The maximum atomic E-state index is 11.8. The van der Waals surface area contributed by atoms with Crippen LogP contribution in [0.2, 0.25) is 0 Å². The summed E-state index contributed by atoms with van der Waals surface area (Å²) in [5.41, 5.74) is 0. The first kappa shape index (κ1) is 22.4. The Kier molecular flexibility index (Phi) is 10.7. The van der Waals surface area contributed by atoms with Crippen molar-refractivity contribution in [3.8, 4) is 0 Å². The van der Waals surface area contributed by atoms with Crippen LogP contribution in [-0.4, -0.2) is 64.1 Å². The van der Waals surface area contributed by atoms with E-state index in [4.69, 9.17) is 10.2 Å². The van der Waals surface area contributed by atoms with Crippen LogP contribution in [-0.2, 0) is 24.0 Å². The summed E-state index contributed by atoms with van der Waals surface area (Å²) in [5, 5.41) is 24.5. The first-order valence-corrected chi connectivity index (χ1v) is 7.86. The number of rotatable bonds is 12. The number of carbonyl (C=O) groups excluding carboxylic acids is 3. The fourth-order valence-electron chi connectivity index (χ4n) is 1.58. The van der Waals surface area contributed by atoms with Gasteiger partial charge in [-0.15, -0.1) is 0 Å². The minimum Gasteiger partial charge on any atom is -0.480 e. The molecule has 11 heteroatoms. The summed E-state index contributed by atoms with van der Waals surface area (Å²) in [7, 11) is 0. The van der Waals surface area contributed by atoms with Gasteiger partial charge in [-0.05, 0) is 19.4 Å². The van der Waals surface area contributed by atoms with E-state index in [0.717, 1.165) is 6.08 Å². The molecule has 140 valence electrons. The summed E-state index contributed by atoms with van der Waals surface area (Å²) >= 11 is 3.91. The number of allylic oxidation sites excluding steroid dienone is 1. The number of amides is 2. The van der Waals surface area contributed by atoms with Crippen LogP contribution in [0.1, 0.15) is 19.8 Å². The zero-order valence-corrected chi connectivity index (χ0v) is 14.4. The Labute approximate surface area is 149 Å². The van der Waals surface area contributed by atoms with Crippen LogP contribution in [0.5, 0.6) is 0 Å². The van der Waals surface area contributed by atoms with Crippen LogP contribution >= 0.6 is 12.6 Å². The molecule has 0 unspecified atom stereocenters. The van der Waals surface area contributed by atoms with Gasteiger partial charge in [0.1, 0.15) is 18.6 Å². The van der Waals surface area contributed by atoms with Crippen LogP contribution in [0.25, 0.3) is 0 Å². The van der Waals surface area contributed by atoms with E-state index in [0.29, 0.717) is 0 Å². The molecule has 0 saturated carbocycles. The summed E-state index contributed by atoms with van der Waals surface area (Å²) in [6.45, 7) is 0.709. The van der Waals surface area contributed by atoms with Gasteiger partial charge in [0, 0.05) is 18.4 Å². The fraction of sp³-hybridized carbons (Fsp3) is 0.500. The van der Waals surface area contributed by atoms with Gasteiger partial charge in [0.15, 0.2) is 5.78 Å². The number of carboxylic acid groups (broad SMARTS) is 2. The van der Waals surface area contributed by atoms with E-state index >= 15 is 0 Å². The molecule has 0 aromatic rings. The zero-order chi connectivity index (χ0) is 19.4. The third-order valence-corrected chi connectivity index (χ3v) is 3.19. The van der Waals surface area contributed by atoms with Gasteiger partial charge in [0.05, 0.1) is 0 Å². The first-order valence-electron chi connectivity index (χ1n) is 7.23. The molecule has 10 nitrogen and oxygen atoms in total. The molecule has 0 fully saturated rings. The standard InChI is InChI=1S/C14H21N3O7S/c1-8(18)4-5-15-9(14(23)24)2-3-11(19)17-10(7-25)13(22)16-6-12(20)21/h4-5,9-10,15,25H,2-3,6-7H2,1H3,(H,16,22)(H,17,19)(H,20,21)(H,23,24)/b5-4+/t9-,10-/m0/s1. The quantitative estimate of drug-likeness (QED) is 0.178. The Bertz CT molecular complexity index is 551. The molecule has 0 aromatic heterocycles. The highest BCUT2D eigenvalue weighted by Gasteiger charge is 2.22. The highest BCUT2D eigenvalue weighted by atomic mass is 32.1. The number of ketones is 1. The van der Waals surface area contributed by atoms with Gasteiger partial charge in [-0.3, -0.25) is 19.2 Å². The Morgan fingerprint density at radius 3 is 2.24 bits per heavy atom. The first-order chi connectivity index (χ1) is 11.7. The maximum absolute atomic E-state index is 11.8. The minimum absolute atomic E-state index is 0.0564. The van der Waals surface area contributed by atoms with Crippen molar-refractivity contribution in [1.29, 1.82) is 0 Å². The highest BCUT2D eigenvalue weighted by Crippen LogP contribution is 2.00. The minimum atomic E-state index is -1.23. The van der Waals surface area contributed by atoms with Crippen molar-refractivity contribution in [2.45, 2.75) is 31.8 Å². The van der Waals surface area contributed by atoms with Gasteiger partial charge in [0.2, 0.25) is 11.8 Å². The second-order valence-electron chi connectivity index (χ2n) is 4.95. The van der Waals surface area contributed by atoms with Crippen LogP contribution < -0.4 is 16.0 Å². The topological polar surface area (TPSA) is 162 Å². The molecule has 0 aromatic carbocycles. The van der Waals surface area contributed by atoms with Gasteiger partial charge in [-0.1, -0.05) is 0 Å². The normalized spacial score (nSPS) is 12.9. The lowest BCUT2D eigenvalue weighted by atomic mass is 10.1. The van der Waals surface area contributed by atoms with Gasteiger partial charge >= 0.3 is 11.9 Å². The molecule has 25 heavy (non-hydrogen) atoms. The molecule has 0 aliphatic rings. The number of thiol groups is 1. The van der Waals surface area contributed by atoms with Crippen molar-refractivity contribution in [1.82, 2.24) is 16.0 Å².